The molecule has 2 rings (SSSR count). The Morgan fingerprint density at radius 2 is 2.05 bits per heavy atom. The zero-order valence-corrected chi connectivity index (χ0v) is 11.5. The van der Waals surface area contributed by atoms with Gasteiger partial charge in [0, 0.05) is 12.1 Å². The SMILES string of the molecule is COC(=O)c1cc(NC2CCS(=O)(=O)C2)c(F)cc1F. The standard InChI is InChI=1S/C12H13F2NO4S/c1-19-12(16)8-4-11(10(14)5-9(8)13)15-7-2-3-20(17,18)6-7/h4-5,7,15H,2-3,6H2,1H3. The number of sulfone groups is 1. The molecule has 0 saturated carbocycles. The van der Waals surface area contributed by atoms with E-state index in [0.29, 0.717) is 12.5 Å². The number of hydrogen-bond donors (Lipinski definition) is 1. The molecule has 1 aliphatic rings. The predicted octanol–water partition coefficient (Wildman–Crippen LogP) is 1.35. The van der Waals surface area contributed by atoms with Crippen LogP contribution >= 0.6 is 0 Å². The molecule has 1 saturated heterocycles. The minimum atomic E-state index is -3.12. The maximum atomic E-state index is 13.6. The van der Waals surface area contributed by atoms with Crippen LogP contribution in [0.4, 0.5) is 14.5 Å². The average Bonchev–Trinajstić information content (AvgIpc) is 2.71. The molecule has 1 heterocycles. The maximum Gasteiger partial charge on any atom is 0.340 e. The van der Waals surface area contributed by atoms with Crippen LogP contribution in [0.5, 0.6) is 0 Å². The van der Waals surface area contributed by atoms with Crippen LogP contribution in [0, 0.1) is 11.6 Å². The Bertz CT molecular complexity index is 645. The summed E-state index contributed by atoms with van der Waals surface area (Å²) in [4.78, 5) is 11.3. The number of halogens is 2. The van der Waals surface area contributed by atoms with Crippen molar-refractivity contribution in [3.63, 3.8) is 0 Å². The first kappa shape index (κ1) is 14.7. The summed E-state index contributed by atoms with van der Waals surface area (Å²) in [5.74, 6) is -2.93. The van der Waals surface area contributed by atoms with Crippen molar-refractivity contribution >= 4 is 21.5 Å². The van der Waals surface area contributed by atoms with E-state index in [1.807, 2.05) is 0 Å². The summed E-state index contributed by atoms with van der Waals surface area (Å²) in [5.41, 5.74) is -0.522. The topological polar surface area (TPSA) is 72.5 Å². The Kier molecular flexibility index (Phi) is 3.94. The van der Waals surface area contributed by atoms with Crippen molar-refractivity contribution in [3.05, 3.63) is 29.3 Å². The molecule has 1 aromatic rings. The van der Waals surface area contributed by atoms with Crippen LogP contribution in [-0.2, 0) is 14.6 Å². The van der Waals surface area contributed by atoms with E-state index in [2.05, 4.69) is 10.1 Å². The number of esters is 1. The van der Waals surface area contributed by atoms with Crippen LogP contribution in [-0.4, -0.2) is 39.0 Å². The van der Waals surface area contributed by atoms with E-state index in [4.69, 9.17) is 0 Å². The normalized spacial score (nSPS) is 20.6. The van der Waals surface area contributed by atoms with E-state index in [-0.39, 0.29) is 17.2 Å². The van der Waals surface area contributed by atoms with Gasteiger partial charge in [0.05, 0.1) is 29.9 Å². The van der Waals surface area contributed by atoms with Gasteiger partial charge < -0.3 is 10.1 Å². The number of hydrogen-bond acceptors (Lipinski definition) is 5. The van der Waals surface area contributed by atoms with E-state index in [9.17, 15) is 22.0 Å². The number of rotatable bonds is 3. The van der Waals surface area contributed by atoms with Crippen molar-refractivity contribution in [1.29, 1.82) is 0 Å². The zero-order valence-electron chi connectivity index (χ0n) is 10.7. The van der Waals surface area contributed by atoms with Gasteiger partial charge in [-0.2, -0.15) is 0 Å². The highest BCUT2D eigenvalue weighted by atomic mass is 32.2. The van der Waals surface area contributed by atoms with Gasteiger partial charge in [-0.25, -0.2) is 22.0 Å². The lowest BCUT2D eigenvalue weighted by molar-refractivity contribution is 0.0595. The van der Waals surface area contributed by atoms with Gasteiger partial charge in [-0.15, -0.1) is 0 Å². The first-order valence-electron chi connectivity index (χ1n) is 5.87. The van der Waals surface area contributed by atoms with Gasteiger partial charge in [0.25, 0.3) is 0 Å². The largest absolute Gasteiger partial charge is 0.465 e. The van der Waals surface area contributed by atoms with Crippen LogP contribution < -0.4 is 5.32 Å². The molecule has 1 aromatic carbocycles. The lowest BCUT2D eigenvalue weighted by atomic mass is 10.1. The molecule has 1 fully saturated rings. The Labute approximate surface area is 114 Å². The summed E-state index contributed by atoms with van der Waals surface area (Å²) >= 11 is 0. The van der Waals surface area contributed by atoms with Gasteiger partial charge >= 0.3 is 5.97 Å². The third-order valence-corrected chi connectivity index (χ3v) is 4.82. The van der Waals surface area contributed by atoms with Crippen molar-refractivity contribution in [2.24, 2.45) is 0 Å². The summed E-state index contributed by atoms with van der Waals surface area (Å²) in [6.45, 7) is 0. The number of carbonyl (C=O) groups is 1. The Morgan fingerprint density at radius 3 is 2.60 bits per heavy atom. The molecule has 20 heavy (non-hydrogen) atoms. The molecule has 0 amide bonds. The minimum Gasteiger partial charge on any atom is -0.465 e. The first-order chi connectivity index (χ1) is 9.32. The van der Waals surface area contributed by atoms with Crippen LogP contribution in [0.1, 0.15) is 16.8 Å². The second kappa shape index (κ2) is 5.35. The number of carbonyl (C=O) groups excluding carboxylic acids is 1. The second-order valence-corrected chi connectivity index (χ2v) is 6.78. The summed E-state index contributed by atoms with van der Waals surface area (Å²) in [6.07, 6.45) is 0.340. The fraction of sp³-hybridized carbons (Fsp3) is 0.417. The summed E-state index contributed by atoms with van der Waals surface area (Å²) < 4.78 is 54.1. The van der Waals surface area contributed by atoms with E-state index in [1.165, 1.54) is 0 Å². The average molecular weight is 305 g/mol. The molecule has 0 aliphatic carbocycles. The van der Waals surface area contributed by atoms with Crippen molar-refractivity contribution < 1.29 is 26.7 Å². The van der Waals surface area contributed by atoms with Gasteiger partial charge in [0.1, 0.15) is 11.6 Å². The fourth-order valence-corrected chi connectivity index (χ4v) is 3.73. The van der Waals surface area contributed by atoms with E-state index in [0.717, 1.165) is 13.2 Å². The molecule has 1 N–H and O–H groups in total. The molecule has 0 aromatic heterocycles. The number of anilines is 1. The van der Waals surface area contributed by atoms with Crippen molar-refractivity contribution in [3.8, 4) is 0 Å². The van der Waals surface area contributed by atoms with Gasteiger partial charge in [-0.05, 0) is 12.5 Å². The molecule has 1 unspecified atom stereocenters. The van der Waals surface area contributed by atoms with Crippen molar-refractivity contribution in [2.45, 2.75) is 12.5 Å². The molecule has 0 radical (unpaired) electrons. The van der Waals surface area contributed by atoms with Crippen molar-refractivity contribution in [1.82, 2.24) is 0 Å². The summed E-state index contributed by atoms with van der Waals surface area (Å²) in [7, 11) is -2.03. The predicted molar refractivity (Wildman–Crippen MR) is 68.4 cm³/mol. The molecular formula is C12H13F2NO4S. The second-order valence-electron chi connectivity index (χ2n) is 4.55. The van der Waals surface area contributed by atoms with Crippen LogP contribution in [0.3, 0.4) is 0 Å². The Balaban J connectivity index is 2.26. The maximum absolute atomic E-state index is 13.6. The Morgan fingerprint density at radius 1 is 1.35 bits per heavy atom. The van der Waals surface area contributed by atoms with Crippen LogP contribution in [0.15, 0.2) is 12.1 Å². The number of benzene rings is 1. The number of nitrogens with one attached hydrogen (secondary N) is 1. The van der Waals surface area contributed by atoms with Gasteiger partial charge in [0.2, 0.25) is 0 Å². The highest BCUT2D eigenvalue weighted by molar-refractivity contribution is 7.91. The quantitative estimate of drug-likeness (QED) is 0.854. The molecule has 1 aliphatic heterocycles. The fourth-order valence-electron chi connectivity index (χ4n) is 2.05. The summed E-state index contributed by atoms with van der Waals surface area (Å²) in [5, 5.41) is 2.68. The van der Waals surface area contributed by atoms with Gasteiger partial charge in [-0.1, -0.05) is 0 Å². The smallest absolute Gasteiger partial charge is 0.340 e. The molecule has 1 atom stereocenters. The molecule has 0 bridgehead atoms. The zero-order chi connectivity index (χ0) is 14.9. The minimum absolute atomic E-state index is 0.0251. The van der Waals surface area contributed by atoms with E-state index >= 15 is 0 Å². The molecular weight excluding hydrogens is 292 g/mol. The van der Waals surface area contributed by atoms with E-state index < -0.39 is 39.0 Å². The highest BCUT2D eigenvalue weighted by Crippen LogP contribution is 2.23. The van der Waals surface area contributed by atoms with Crippen LogP contribution in [0.25, 0.3) is 0 Å². The van der Waals surface area contributed by atoms with E-state index in [1.54, 1.807) is 0 Å². The third kappa shape index (κ3) is 3.06. The monoisotopic (exact) mass is 305 g/mol. The summed E-state index contributed by atoms with van der Waals surface area (Å²) in [6, 6.07) is 1.10. The lowest BCUT2D eigenvalue weighted by Gasteiger charge is -2.14. The lowest BCUT2D eigenvalue weighted by Crippen LogP contribution is -2.21. The number of ether oxygens (including phenoxy) is 1. The van der Waals surface area contributed by atoms with Crippen LogP contribution in [0.2, 0.25) is 0 Å². The number of methoxy groups -OCH3 is 1. The first-order valence-corrected chi connectivity index (χ1v) is 7.69. The molecule has 5 nitrogen and oxygen atoms in total. The van der Waals surface area contributed by atoms with Crippen molar-refractivity contribution in [2.75, 3.05) is 23.9 Å². The molecule has 0 spiro atoms. The third-order valence-electron chi connectivity index (χ3n) is 3.05. The highest BCUT2D eigenvalue weighted by Gasteiger charge is 2.28. The molecule has 110 valence electrons. The van der Waals surface area contributed by atoms with Gasteiger partial charge in [0.15, 0.2) is 9.84 Å². The molecule has 8 heteroatoms. The Hall–Kier alpha value is -1.70. The van der Waals surface area contributed by atoms with Gasteiger partial charge in [-0.3, -0.25) is 0 Å².